The van der Waals surface area contributed by atoms with Crippen molar-refractivity contribution in [2.45, 2.75) is 32.2 Å². The van der Waals surface area contributed by atoms with Crippen LogP contribution in [0.2, 0.25) is 0 Å². The van der Waals surface area contributed by atoms with Crippen LogP contribution in [-0.2, 0) is 4.79 Å². The molecule has 0 aromatic heterocycles. The van der Waals surface area contributed by atoms with Crippen LogP contribution in [0.1, 0.15) is 25.3 Å². The van der Waals surface area contributed by atoms with Crippen molar-refractivity contribution >= 4 is 17.3 Å². The van der Waals surface area contributed by atoms with E-state index in [0.717, 1.165) is 18.4 Å². The molecule has 0 bridgehead atoms. The first-order valence-electron chi connectivity index (χ1n) is 7.07. The molecule has 0 saturated heterocycles. The Bertz CT molecular complexity index is 649. The van der Waals surface area contributed by atoms with E-state index in [1.807, 2.05) is 0 Å². The zero-order valence-corrected chi connectivity index (χ0v) is 12.5. The van der Waals surface area contributed by atoms with Crippen LogP contribution in [-0.4, -0.2) is 22.9 Å². The molecule has 7 nitrogen and oxygen atoms in total. The van der Waals surface area contributed by atoms with E-state index in [4.69, 9.17) is 0 Å². The van der Waals surface area contributed by atoms with Crippen molar-refractivity contribution in [3.63, 3.8) is 0 Å². The summed E-state index contributed by atoms with van der Waals surface area (Å²) in [6.45, 7) is 3.49. The van der Waals surface area contributed by atoms with Crippen LogP contribution in [0.5, 0.6) is 0 Å². The molecule has 2 rings (SSSR count). The van der Waals surface area contributed by atoms with E-state index in [1.54, 1.807) is 19.9 Å². The number of rotatable bonds is 6. The van der Waals surface area contributed by atoms with Gasteiger partial charge in [-0.05, 0) is 38.2 Å². The molecule has 0 heterocycles. The average molecular weight is 302 g/mol. The van der Waals surface area contributed by atoms with Crippen LogP contribution in [0.3, 0.4) is 0 Å². The zero-order chi connectivity index (χ0) is 16.3. The van der Waals surface area contributed by atoms with E-state index >= 15 is 0 Å². The van der Waals surface area contributed by atoms with Crippen LogP contribution < -0.4 is 10.6 Å². The normalized spacial score (nSPS) is 16.2. The first kappa shape index (κ1) is 15.8. The molecule has 1 aromatic carbocycles. The van der Waals surface area contributed by atoms with Crippen LogP contribution in [0.15, 0.2) is 18.2 Å². The Kier molecular flexibility index (Phi) is 4.31. The number of hydrogen-bond donors (Lipinski definition) is 2. The number of nitriles is 1. The molecule has 2 N–H and O–H groups in total. The third-order valence-corrected chi connectivity index (χ3v) is 3.90. The fraction of sp³-hybridized carbons (Fsp3) is 0.467. The number of anilines is 1. The number of nitrogens with one attached hydrogen (secondary N) is 2. The minimum atomic E-state index is -0.837. The molecular weight excluding hydrogens is 284 g/mol. The van der Waals surface area contributed by atoms with Gasteiger partial charge in [0.2, 0.25) is 5.91 Å². The molecule has 116 valence electrons. The molecule has 1 saturated carbocycles. The van der Waals surface area contributed by atoms with Crippen LogP contribution >= 0.6 is 0 Å². The number of aryl methyl sites for hydroxylation is 1. The third-order valence-electron chi connectivity index (χ3n) is 3.90. The molecule has 1 unspecified atom stereocenters. The van der Waals surface area contributed by atoms with Crippen LogP contribution in [0.4, 0.5) is 11.4 Å². The number of benzene rings is 1. The number of non-ortho nitro benzene ring substituents is 1. The molecule has 1 atom stereocenters. The molecule has 1 amide bonds. The van der Waals surface area contributed by atoms with E-state index in [0.29, 0.717) is 5.69 Å². The molecule has 0 spiro atoms. The van der Waals surface area contributed by atoms with Crippen molar-refractivity contribution in [1.29, 1.82) is 5.26 Å². The lowest BCUT2D eigenvalue weighted by Gasteiger charge is -2.23. The maximum Gasteiger partial charge on any atom is 0.271 e. The van der Waals surface area contributed by atoms with Gasteiger partial charge in [-0.2, -0.15) is 5.26 Å². The van der Waals surface area contributed by atoms with Gasteiger partial charge in [-0.15, -0.1) is 0 Å². The van der Waals surface area contributed by atoms with Gasteiger partial charge >= 0.3 is 0 Å². The topological polar surface area (TPSA) is 108 Å². The minimum absolute atomic E-state index is 0.0339. The summed E-state index contributed by atoms with van der Waals surface area (Å²) in [4.78, 5) is 22.3. The first-order valence-corrected chi connectivity index (χ1v) is 7.07. The molecule has 0 radical (unpaired) electrons. The minimum Gasteiger partial charge on any atom is -0.376 e. The Morgan fingerprint density at radius 2 is 2.23 bits per heavy atom. The van der Waals surface area contributed by atoms with Gasteiger partial charge in [0.25, 0.3) is 5.69 Å². The van der Waals surface area contributed by atoms with Gasteiger partial charge in [-0.3, -0.25) is 14.9 Å². The van der Waals surface area contributed by atoms with Crippen molar-refractivity contribution in [3.8, 4) is 6.07 Å². The Hall–Kier alpha value is -2.62. The van der Waals surface area contributed by atoms with Gasteiger partial charge < -0.3 is 10.6 Å². The molecule has 7 heteroatoms. The maximum atomic E-state index is 12.0. The summed E-state index contributed by atoms with van der Waals surface area (Å²) in [6.07, 6.45) is 1.89. The Labute approximate surface area is 128 Å². The molecule has 1 aliphatic rings. The predicted molar refractivity (Wildman–Crippen MR) is 81.2 cm³/mol. The quantitative estimate of drug-likeness (QED) is 0.618. The summed E-state index contributed by atoms with van der Waals surface area (Å²) in [5.74, 6) is -0.0946. The molecule has 0 aliphatic heterocycles. The van der Waals surface area contributed by atoms with Gasteiger partial charge in [-0.1, -0.05) is 6.07 Å². The number of carbonyl (C=O) groups is 1. The second kappa shape index (κ2) is 6.02. The highest BCUT2D eigenvalue weighted by atomic mass is 16.6. The lowest BCUT2D eigenvalue weighted by atomic mass is 9.98. The first-order chi connectivity index (χ1) is 10.4. The summed E-state index contributed by atoms with van der Waals surface area (Å²) in [5, 5.41) is 25.6. The lowest BCUT2D eigenvalue weighted by molar-refractivity contribution is -0.384. The van der Waals surface area contributed by atoms with Gasteiger partial charge in [0, 0.05) is 17.8 Å². The van der Waals surface area contributed by atoms with Crippen molar-refractivity contribution < 1.29 is 9.72 Å². The summed E-state index contributed by atoms with van der Waals surface area (Å²) >= 11 is 0. The highest BCUT2D eigenvalue weighted by Gasteiger charge is 2.42. The van der Waals surface area contributed by atoms with E-state index < -0.39 is 10.5 Å². The monoisotopic (exact) mass is 302 g/mol. The highest BCUT2D eigenvalue weighted by molar-refractivity contribution is 5.82. The van der Waals surface area contributed by atoms with Gasteiger partial charge in [0.1, 0.15) is 5.54 Å². The summed E-state index contributed by atoms with van der Waals surface area (Å²) in [7, 11) is 0. The fourth-order valence-corrected chi connectivity index (χ4v) is 2.31. The highest BCUT2D eigenvalue weighted by Crippen LogP contribution is 2.39. The van der Waals surface area contributed by atoms with E-state index in [-0.39, 0.29) is 24.1 Å². The Morgan fingerprint density at radius 1 is 1.55 bits per heavy atom. The fourth-order valence-electron chi connectivity index (χ4n) is 2.31. The standard InChI is InChI=1S/C15H18N4O3/c1-10-3-6-12(19(21)22)7-13(10)17-8-14(20)18-15(2,9-16)11-4-5-11/h3,6-7,11,17H,4-5,8H2,1-2H3,(H,18,20). The lowest BCUT2D eigenvalue weighted by Crippen LogP contribution is -2.48. The number of amides is 1. The molecule has 1 fully saturated rings. The molecular formula is C15H18N4O3. The van der Waals surface area contributed by atoms with E-state index in [1.165, 1.54) is 12.1 Å². The van der Waals surface area contributed by atoms with Crippen molar-refractivity contribution in [2.75, 3.05) is 11.9 Å². The van der Waals surface area contributed by atoms with Crippen molar-refractivity contribution in [1.82, 2.24) is 5.32 Å². The summed E-state index contributed by atoms with van der Waals surface area (Å²) in [5.41, 5.74) is 0.475. The zero-order valence-electron chi connectivity index (χ0n) is 12.5. The number of nitrogens with zero attached hydrogens (tertiary/aromatic N) is 2. The predicted octanol–water partition coefficient (Wildman–Crippen LogP) is 2.12. The number of nitro benzene ring substituents is 1. The van der Waals surface area contributed by atoms with Crippen LogP contribution in [0, 0.1) is 34.3 Å². The largest absolute Gasteiger partial charge is 0.376 e. The molecule has 1 aliphatic carbocycles. The Balaban J connectivity index is 1.98. The average Bonchev–Trinajstić information content (AvgIpc) is 3.31. The van der Waals surface area contributed by atoms with Crippen molar-refractivity contribution in [2.24, 2.45) is 5.92 Å². The number of nitro groups is 1. The van der Waals surface area contributed by atoms with Crippen LogP contribution in [0.25, 0.3) is 0 Å². The third kappa shape index (κ3) is 3.52. The Morgan fingerprint density at radius 3 is 2.77 bits per heavy atom. The summed E-state index contributed by atoms with van der Waals surface area (Å²) < 4.78 is 0. The second-order valence-electron chi connectivity index (χ2n) is 5.75. The van der Waals surface area contributed by atoms with Gasteiger partial charge in [0.05, 0.1) is 17.5 Å². The number of hydrogen-bond acceptors (Lipinski definition) is 5. The van der Waals surface area contributed by atoms with Gasteiger partial charge in [-0.25, -0.2) is 0 Å². The smallest absolute Gasteiger partial charge is 0.271 e. The SMILES string of the molecule is Cc1ccc([N+](=O)[O-])cc1NCC(=O)NC(C)(C#N)C1CC1. The molecule has 1 aromatic rings. The van der Waals surface area contributed by atoms with E-state index in [9.17, 15) is 20.2 Å². The van der Waals surface area contributed by atoms with E-state index in [2.05, 4.69) is 16.7 Å². The van der Waals surface area contributed by atoms with Gasteiger partial charge in [0.15, 0.2) is 0 Å². The van der Waals surface area contributed by atoms with Crippen molar-refractivity contribution in [3.05, 3.63) is 33.9 Å². The summed E-state index contributed by atoms with van der Waals surface area (Å²) in [6, 6.07) is 6.60. The molecule has 22 heavy (non-hydrogen) atoms. The second-order valence-corrected chi connectivity index (χ2v) is 5.75. The number of carbonyl (C=O) groups excluding carboxylic acids is 1. The maximum absolute atomic E-state index is 12.0.